The Kier molecular flexibility index (Phi) is 2.36. The zero-order valence-corrected chi connectivity index (χ0v) is 10.7. The van der Waals surface area contributed by atoms with E-state index in [2.05, 4.69) is 25.9 Å². The van der Waals surface area contributed by atoms with E-state index in [9.17, 15) is 0 Å². The summed E-state index contributed by atoms with van der Waals surface area (Å²) in [5, 5.41) is 2.03. The number of fused-ring (bicyclic) bond motifs is 3. The Morgan fingerprint density at radius 1 is 1.41 bits per heavy atom. The number of rotatable bonds is 1. The first-order chi connectivity index (χ1) is 8.20. The Hall–Kier alpha value is -1.49. The van der Waals surface area contributed by atoms with Crippen LogP contribution in [0.4, 0.5) is 0 Å². The molecule has 5 heteroatoms. The minimum atomic E-state index is 0.646. The SMILES string of the molecule is [B]c1cnc2[nH]c3ccc(OC)c(Br)c3c2c1. The fourth-order valence-electron chi connectivity index (χ4n) is 1.98. The number of aromatic nitrogens is 2. The van der Waals surface area contributed by atoms with Gasteiger partial charge in [-0.15, -0.1) is 0 Å². The Morgan fingerprint density at radius 2 is 2.24 bits per heavy atom. The second kappa shape index (κ2) is 3.77. The quantitative estimate of drug-likeness (QED) is 0.697. The third-order valence-electron chi connectivity index (χ3n) is 2.76. The van der Waals surface area contributed by atoms with Crippen LogP contribution < -0.4 is 10.2 Å². The molecule has 1 aromatic carbocycles. The van der Waals surface area contributed by atoms with Crippen LogP contribution in [0.3, 0.4) is 0 Å². The molecule has 17 heavy (non-hydrogen) atoms. The number of aromatic amines is 1. The first kappa shape index (κ1) is 10.7. The number of pyridine rings is 1. The highest BCUT2D eigenvalue weighted by atomic mass is 79.9. The summed E-state index contributed by atoms with van der Waals surface area (Å²) in [6.07, 6.45) is 1.64. The highest BCUT2D eigenvalue weighted by Gasteiger charge is 2.11. The van der Waals surface area contributed by atoms with Gasteiger partial charge in [0.2, 0.25) is 0 Å². The number of hydrogen-bond acceptors (Lipinski definition) is 2. The van der Waals surface area contributed by atoms with Gasteiger partial charge in [0, 0.05) is 22.5 Å². The zero-order chi connectivity index (χ0) is 12.0. The number of nitrogens with zero attached hydrogens (tertiary/aromatic N) is 1. The Labute approximate surface area is 108 Å². The summed E-state index contributed by atoms with van der Waals surface area (Å²) in [6, 6.07) is 5.79. The predicted molar refractivity (Wildman–Crippen MR) is 73.2 cm³/mol. The first-order valence-corrected chi connectivity index (χ1v) is 5.89. The minimum absolute atomic E-state index is 0.646. The van der Waals surface area contributed by atoms with Crippen molar-refractivity contribution >= 4 is 51.2 Å². The lowest BCUT2D eigenvalue weighted by atomic mass is 9.97. The summed E-state index contributed by atoms with van der Waals surface area (Å²) >= 11 is 3.55. The van der Waals surface area contributed by atoms with E-state index in [1.807, 2.05) is 18.2 Å². The lowest BCUT2D eigenvalue weighted by molar-refractivity contribution is 0.413. The third-order valence-corrected chi connectivity index (χ3v) is 3.54. The summed E-state index contributed by atoms with van der Waals surface area (Å²) in [6.45, 7) is 0. The molecule has 1 N–H and O–H groups in total. The van der Waals surface area contributed by atoms with E-state index in [1.54, 1.807) is 13.3 Å². The molecule has 82 valence electrons. The van der Waals surface area contributed by atoms with E-state index in [1.165, 1.54) is 0 Å². The maximum absolute atomic E-state index is 5.77. The van der Waals surface area contributed by atoms with Crippen LogP contribution in [-0.2, 0) is 0 Å². The lowest BCUT2D eigenvalue weighted by Crippen LogP contribution is -2.01. The van der Waals surface area contributed by atoms with Gasteiger partial charge in [-0.1, -0.05) is 11.5 Å². The van der Waals surface area contributed by atoms with E-state index >= 15 is 0 Å². The molecule has 0 atom stereocenters. The van der Waals surface area contributed by atoms with E-state index in [0.717, 1.165) is 32.2 Å². The molecule has 0 amide bonds. The van der Waals surface area contributed by atoms with Crippen molar-refractivity contribution in [2.45, 2.75) is 0 Å². The van der Waals surface area contributed by atoms with Gasteiger partial charge in [-0.3, -0.25) is 0 Å². The molecule has 0 bridgehead atoms. The molecule has 2 heterocycles. The molecule has 3 rings (SSSR count). The molecule has 2 aromatic heterocycles. The number of benzene rings is 1. The zero-order valence-electron chi connectivity index (χ0n) is 9.12. The standard InChI is InChI=1S/C12H8BBrN2O/c1-17-9-3-2-8-10(11(9)14)7-4-6(13)5-15-12(7)16-8/h2-5H,1H3,(H,15,16). The number of ether oxygens (including phenoxy) is 1. The Bertz CT molecular complexity index is 723. The van der Waals surface area contributed by atoms with Crippen molar-refractivity contribution in [3.8, 4) is 5.75 Å². The van der Waals surface area contributed by atoms with Crippen LogP contribution in [0.5, 0.6) is 5.75 Å². The monoisotopic (exact) mass is 286 g/mol. The van der Waals surface area contributed by atoms with Crippen molar-refractivity contribution in [1.82, 2.24) is 9.97 Å². The fraction of sp³-hybridized carbons (Fsp3) is 0.0833. The number of nitrogens with one attached hydrogen (secondary N) is 1. The number of methoxy groups -OCH3 is 1. The third kappa shape index (κ3) is 1.53. The second-order valence-electron chi connectivity index (χ2n) is 3.79. The van der Waals surface area contributed by atoms with E-state index in [0.29, 0.717) is 5.46 Å². The van der Waals surface area contributed by atoms with Crippen molar-refractivity contribution in [2.24, 2.45) is 0 Å². The van der Waals surface area contributed by atoms with Crippen molar-refractivity contribution in [3.63, 3.8) is 0 Å². The summed E-state index contributed by atoms with van der Waals surface area (Å²) < 4.78 is 6.20. The molecule has 3 nitrogen and oxygen atoms in total. The van der Waals surface area contributed by atoms with Gasteiger partial charge in [0.25, 0.3) is 0 Å². The van der Waals surface area contributed by atoms with Gasteiger partial charge in [0.15, 0.2) is 0 Å². The lowest BCUT2D eigenvalue weighted by Gasteiger charge is -2.03. The molecule has 0 aliphatic rings. The van der Waals surface area contributed by atoms with Gasteiger partial charge >= 0.3 is 0 Å². The van der Waals surface area contributed by atoms with Crippen molar-refractivity contribution in [2.75, 3.05) is 7.11 Å². The number of H-pyrrole nitrogens is 1. The molecular formula is C12H8BBrN2O. The number of hydrogen-bond donors (Lipinski definition) is 1. The van der Waals surface area contributed by atoms with Crippen LogP contribution in [0.2, 0.25) is 0 Å². The smallest absolute Gasteiger partial charge is 0.138 e. The molecule has 0 spiro atoms. The summed E-state index contributed by atoms with van der Waals surface area (Å²) in [7, 11) is 7.42. The molecule has 0 saturated carbocycles. The first-order valence-electron chi connectivity index (χ1n) is 5.10. The topological polar surface area (TPSA) is 37.9 Å². The van der Waals surface area contributed by atoms with Crippen LogP contribution >= 0.6 is 15.9 Å². The van der Waals surface area contributed by atoms with E-state index < -0.39 is 0 Å². The molecule has 3 aromatic rings. The minimum Gasteiger partial charge on any atom is -0.496 e. The fourth-order valence-corrected chi connectivity index (χ4v) is 2.70. The van der Waals surface area contributed by atoms with Gasteiger partial charge in [-0.05, 0) is 28.1 Å². The molecule has 0 unspecified atom stereocenters. The molecule has 0 aliphatic heterocycles. The summed E-state index contributed by atoms with van der Waals surface area (Å²) in [5.74, 6) is 0.792. The van der Waals surface area contributed by atoms with Crippen LogP contribution in [0.1, 0.15) is 0 Å². The van der Waals surface area contributed by atoms with Gasteiger partial charge in [-0.2, -0.15) is 0 Å². The molecule has 0 saturated heterocycles. The van der Waals surface area contributed by atoms with E-state index in [-0.39, 0.29) is 0 Å². The molecule has 2 radical (unpaired) electrons. The van der Waals surface area contributed by atoms with Gasteiger partial charge < -0.3 is 9.72 Å². The normalized spacial score (nSPS) is 11.2. The highest BCUT2D eigenvalue weighted by molar-refractivity contribution is 9.10. The average molecular weight is 287 g/mol. The van der Waals surface area contributed by atoms with Crippen LogP contribution in [-0.4, -0.2) is 24.9 Å². The number of halogens is 1. The van der Waals surface area contributed by atoms with Gasteiger partial charge in [0.1, 0.15) is 19.2 Å². The summed E-state index contributed by atoms with van der Waals surface area (Å²) in [4.78, 5) is 7.52. The molecule has 0 aliphatic carbocycles. The Balaban J connectivity index is 2.52. The van der Waals surface area contributed by atoms with Crippen LogP contribution in [0, 0.1) is 0 Å². The van der Waals surface area contributed by atoms with Gasteiger partial charge in [0.05, 0.1) is 11.6 Å². The highest BCUT2D eigenvalue weighted by Crippen LogP contribution is 2.36. The predicted octanol–water partition coefficient (Wildman–Crippen LogP) is 2.28. The average Bonchev–Trinajstić information content (AvgIpc) is 2.68. The summed E-state index contributed by atoms with van der Waals surface area (Å²) in [5.41, 5.74) is 2.47. The van der Waals surface area contributed by atoms with Crippen molar-refractivity contribution < 1.29 is 4.74 Å². The van der Waals surface area contributed by atoms with E-state index in [4.69, 9.17) is 12.6 Å². The maximum atomic E-state index is 5.77. The van der Waals surface area contributed by atoms with Crippen LogP contribution in [0.15, 0.2) is 28.9 Å². The van der Waals surface area contributed by atoms with Crippen molar-refractivity contribution in [3.05, 3.63) is 28.9 Å². The van der Waals surface area contributed by atoms with Gasteiger partial charge in [-0.25, -0.2) is 4.98 Å². The molecule has 0 fully saturated rings. The second-order valence-corrected chi connectivity index (χ2v) is 4.59. The van der Waals surface area contributed by atoms with Crippen LogP contribution in [0.25, 0.3) is 21.9 Å². The van der Waals surface area contributed by atoms with Crippen molar-refractivity contribution in [1.29, 1.82) is 0 Å². The maximum Gasteiger partial charge on any atom is 0.138 e. The Morgan fingerprint density at radius 3 is 3.00 bits per heavy atom. The largest absolute Gasteiger partial charge is 0.496 e. The molecular weight excluding hydrogens is 279 g/mol.